The van der Waals surface area contributed by atoms with E-state index in [9.17, 15) is 9.59 Å². The van der Waals surface area contributed by atoms with Gasteiger partial charge in [-0.05, 0) is 19.8 Å². The molecule has 5 nitrogen and oxygen atoms in total. The van der Waals surface area contributed by atoms with Gasteiger partial charge in [0.2, 0.25) is 0 Å². The summed E-state index contributed by atoms with van der Waals surface area (Å²) in [5, 5.41) is 14.1. The molecule has 0 radical (unpaired) electrons. The molecule has 3 N–H and O–H groups in total. The highest BCUT2D eigenvalue weighted by Gasteiger charge is 2.44. The average Bonchev–Trinajstić information content (AvgIpc) is 2.16. The van der Waals surface area contributed by atoms with Crippen molar-refractivity contribution >= 4 is 12.0 Å². The van der Waals surface area contributed by atoms with Crippen molar-refractivity contribution in [1.29, 1.82) is 0 Å². The highest BCUT2D eigenvalue weighted by molar-refractivity contribution is 5.78. The predicted octanol–water partition coefficient (Wildman–Crippen LogP) is 0.564. The Labute approximate surface area is 94.6 Å². The largest absolute Gasteiger partial charge is 0.481 e. The molecule has 0 spiro atoms. The molecule has 2 amide bonds. The van der Waals surface area contributed by atoms with Crippen molar-refractivity contribution in [2.75, 3.05) is 13.1 Å². The second kappa shape index (κ2) is 5.40. The highest BCUT2D eigenvalue weighted by atomic mass is 16.4. The summed E-state index contributed by atoms with van der Waals surface area (Å²) in [4.78, 5) is 22.2. The third kappa shape index (κ3) is 2.89. The Morgan fingerprint density at radius 1 is 1.38 bits per heavy atom. The second-order valence-electron chi connectivity index (χ2n) is 3.90. The Bertz CT molecular complexity index is 337. The summed E-state index contributed by atoms with van der Waals surface area (Å²) in [5.74, 6) is 4.51. The van der Waals surface area contributed by atoms with E-state index in [2.05, 4.69) is 22.5 Å². The number of carbonyl (C=O) groups is 2. The van der Waals surface area contributed by atoms with Gasteiger partial charge >= 0.3 is 12.0 Å². The molecule has 1 aliphatic carbocycles. The number of amides is 2. The molecule has 0 aromatic rings. The molecule has 1 rings (SSSR count). The van der Waals surface area contributed by atoms with E-state index < -0.39 is 11.4 Å². The van der Waals surface area contributed by atoms with Gasteiger partial charge in [-0.1, -0.05) is 12.3 Å². The van der Waals surface area contributed by atoms with Crippen LogP contribution in [0, 0.1) is 17.3 Å². The van der Waals surface area contributed by atoms with Crippen LogP contribution >= 0.6 is 0 Å². The first-order valence-corrected chi connectivity index (χ1v) is 5.25. The summed E-state index contributed by atoms with van der Waals surface area (Å²) < 4.78 is 0. The number of hydrogen-bond acceptors (Lipinski definition) is 2. The number of urea groups is 1. The Morgan fingerprint density at radius 2 is 2.06 bits per heavy atom. The lowest BCUT2D eigenvalue weighted by Crippen LogP contribution is -2.49. The molecule has 0 aliphatic heterocycles. The summed E-state index contributed by atoms with van der Waals surface area (Å²) in [5.41, 5.74) is -0.742. The summed E-state index contributed by atoms with van der Waals surface area (Å²) in [6.45, 7) is 2.16. The molecule has 1 saturated carbocycles. The van der Waals surface area contributed by atoms with Gasteiger partial charge in [-0.2, -0.15) is 0 Å². The third-order valence-electron chi connectivity index (χ3n) is 2.87. The first-order chi connectivity index (χ1) is 7.60. The fraction of sp³-hybridized carbons (Fsp3) is 0.636. The molecule has 16 heavy (non-hydrogen) atoms. The SMILES string of the molecule is CC#CCNC(=O)NCC1(C(=O)O)CCC1. The molecular formula is C11H16N2O3. The number of carbonyl (C=O) groups excluding carboxylic acids is 1. The fourth-order valence-electron chi connectivity index (χ4n) is 1.59. The fourth-order valence-corrected chi connectivity index (χ4v) is 1.59. The van der Waals surface area contributed by atoms with Crippen molar-refractivity contribution in [2.24, 2.45) is 5.41 Å². The van der Waals surface area contributed by atoms with Crippen LogP contribution in [0.4, 0.5) is 4.79 Å². The molecule has 1 fully saturated rings. The molecule has 5 heteroatoms. The molecular weight excluding hydrogens is 208 g/mol. The number of rotatable bonds is 4. The van der Waals surface area contributed by atoms with Crippen LogP contribution in [-0.4, -0.2) is 30.2 Å². The van der Waals surface area contributed by atoms with Crippen LogP contribution in [0.15, 0.2) is 0 Å². The normalized spacial score (nSPS) is 16.3. The molecule has 0 unspecified atom stereocenters. The Kier molecular flexibility index (Phi) is 4.18. The summed E-state index contributed by atoms with van der Waals surface area (Å²) >= 11 is 0. The quantitative estimate of drug-likeness (QED) is 0.611. The van der Waals surface area contributed by atoms with Crippen LogP contribution < -0.4 is 10.6 Å². The molecule has 0 aromatic carbocycles. The molecule has 0 atom stereocenters. The molecule has 0 bridgehead atoms. The minimum absolute atomic E-state index is 0.188. The first kappa shape index (κ1) is 12.4. The Morgan fingerprint density at radius 3 is 2.50 bits per heavy atom. The topological polar surface area (TPSA) is 78.4 Å². The van der Waals surface area contributed by atoms with E-state index in [1.54, 1.807) is 6.92 Å². The van der Waals surface area contributed by atoms with Gasteiger partial charge in [0.05, 0.1) is 12.0 Å². The van der Waals surface area contributed by atoms with E-state index in [0.717, 1.165) is 6.42 Å². The lowest BCUT2D eigenvalue weighted by molar-refractivity contribution is -0.153. The van der Waals surface area contributed by atoms with Crippen molar-refractivity contribution in [2.45, 2.75) is 26.2 Å². The van der Waals surface area contributed by atoms with Crippen molar-refractivity contribution in [3.63, 3.8) is 0 Å². The van der Waals surface area contributed by atoms with Crippen molar-refractivity contribution in [3.8, 4) is 11.8 Å². The highest BCUT2D eigenvalue weighted by Crippen LogP contribution is 2.40. The molecule has 88 valence electrons. The van der Waals surface area contributed by atoms with Crippen LogP contribution in [0.1, 0.15) is 26.2 Å². The van der Waals surface area contributed by atoms with E-state index in [0.29, 0.717) is 12.8 Å². The van der Waals surface area contributed by atoms with E-state index in [1.807, 2.05) is 0 Å². The number of hydrogen-bond donors (Lipinski definition) is 3. The van der Waals surface area contributed by atoms with E-state index in [4.69, 9.17) is 5.11 Å². The van der Waals surface area contributed by atoms with Gasteiger partial charge in [0, 0.05) is 6.54 Å². The average molecular weight is 224 g/mol. The Hall–Kier alpha value is -1.70. The zero-order valence-corrected chi connectivity index (χ0v) is 9.30. The summed E-state index contributed by atoms with van der Waals surface area (Å²) in [7, 11) is 0. The third-order valence-corrected chi connectivity index (χ3v) is 2.87. The second-order valence-corrected chi connectivity index (χ2v) is 3.90. The lowest BCUT2D eigenvalue weighted by Gasteiger charge is -2.37. The Balaban J connectivity index is 2.29. The molecule has 0 saturated heterocycles. The van der Waals surface area contributed by atoms with Crippen LogP contribution in [0.25, 0.3) is 0 Å². The smallest absolute Gasteiger partial charge is 0.315 e. The summed E-state index contributed by atoms with van der Waals surface area (Å²) in [6.07, 6.45) is 2.19. The standard InChI is InChI=1S/C11H16N2O3/c1-2-3-7-12-10(16)13-8-11(9(14)15)5-4-6-11/h4-8H2,1H3,(H,14,15)(H2,12,13,16). The van der Waals surface area contributed by atoms with Crippen LogP contribution in [0.3, 0.4) is 0 Å². The maximum Gasteiger partial charge on any atom is 0.315 e. The summed E-state index contributed by atoms with van der Waals surface area (Å²) in [6, 6.07) is -0.365. The number of carboxylic acids is 1. The van der Waals surface area contributed by atoms with Crippen molar-refractivity contribution < 1.29 is 14.7 Å². The van der Waals surface area contributed by atoms with Gasteiger partial charge in [0.15, 0.2) is 0 Å². The van der Waals surface area contributed by atoms with Gasteiger partial charge < -0.3 is 15.7 Å². The maximum atomic E-state index is 11.2. The zero-order chi connectivity index (χ0) is 12.0. The first-order valence-electron chi connectivity index (χ1n) is 5.25. The van der Waals surface area contributed by atoms with Crippen molar-refractivity contribution in [3.05, 3.63) is 0 Å². The molecule has 0 heterocycles. The maximum absolute atomic E-state index is 11.2. The van der Waals surface area contributed by atoms with Gasteiger partial charge in [-0.25, -0.2) is 4.79 Å². The zero-order valence-electron chi connectivity index (χ0n) is 9.30. The van der Waals surface area contributed by atoms with Crippen molar-refractivity contribution in [1.82, 2.24) is 10.6 Å². The number of aliphatic carboxylic acids is 1. The lowest BCUT2D eigenvalue weighted by atomic mass is 9.69. The van der Waals surface area contributed by atoms with E-state index in [-0.39, 0.29) is 19.1 Å². The van der Waals surface area contributed by atoms with Gasteiger partial charge in [-0.3, -0.25) is 4.79 Å². The number of nitrogens with one attached hydrogen (secondary N) is 2. The minimum atomic E-state index is -0.826. The minimum Gasteiger partial charge on any atom is -0.481 e. The van der Waals surface area contributed by atoms with Gasteiger partial charge in [0.25, 0.3) is 0 Å². The number of carboxylic acid groups (broad SMARTS) is 1. The molecule has 0 aromatic heterocycles. The molecule has 1 aliphatic rings. The van der Waals surface area contributed by atoms with Crippen LogP contribution in [0.2, 0.25) is 0 Å². The van der Waals surface area contributed by atoms with Crippen LogP contribution in [-0.2, 0) is 4.79 Å². The van der Waals surface area contributed by atoms with Crippen LogP contribution in [0.5, 0.6) is 0 Å². The monoisotopic (exact) mass is 224 g/mol. The van der Waals surface area contributed by atoms with E-state index in [1.165, 1.54) is 0 Å². The van der Waals surface area contributed by atoms with Gasteiger partial charge in [-0.15, -0.1) is 5.92 Å². The predicted molar refractivity (Wildman–Crippen MR) is 58.8 cm³/mol. The van der Waals surface area contributed by atoms with Gasteiger partial charge in [0.1, 0.15) is 0 Å². The van der Waals surface area contributed by atoms with E-state index >= 15 is 0 Å².